The van der Waals surface area contributed by atoms with Crippen molar-refractivity contribution in [3.05, 3.63) is 40.6 Å². The van der Waals surface area contributed by atoms with E-state index in [4.69, 9.17) is 0 Å². The van der Waals surface area contributed by atoms with Crippen molar-refractivity contribution in [1.82, 2.24) is 4.98 Å². The maximum Gasteiger partial charge on any atom is 0.311 e. The van der Waals surface area contributed by atoms with Gasteiger partial charge in [-0.1, -0.05) is 18.2 Å². The molecule has 0 fully saturated rings. The smallest absolute Gasteiger partial charge is 0.311 e. The van der Waals surface area contributed by atoms with E-state index < -0.39 is 4.92 Å². The van der Waals surface area contributed by atoms with Gasteiger partial charge in [0.25, 0.3) is 0 Å². The topological polar surface area (TPSA) is 94.4 Å². The predicted octanol–water partition coefficient (Wildman–Crippen LogP) is 2.12. The molecular formula is C13H13N3O4. The molecule has 20 heavy (non-hydrogen) atoms. The fourth-order valence-electron chi connectivity index (χ4n) is 1.85. The lowest BCUT2D eigenvalue weighted by molar-refractivity contribution is -0.384. The number of rotatable bonds is 5. The average Bonchev–Trinajstić information content (AvgIpc) is 2.46. The van der Waals surface area contributed by atoms with Gasteiger partial charge in [0.2, 0.25) is 0 Å². The number of esters is 1. The van der Waals surface area contributed by atoms with Crippen molar-refractivity contribution in [1.29, 1.82) is 0 Å². The van der Waals surface area contributed by atoms with Crippen LogP contribution in [0.1, 0.15) is 6.42 Å². The third kappa shape index (κ3) is 2.82. The van der Waals surface area contributed by atoms with Crippen LogP contribution in [0.4, 0.5) is 11.4 Å². The minimum atomic E-state index is -0.500. The Morgan fingerprint density at radius 1 is 1.45 bits per heavy atom. The Balaban J connectivity index is 2.34. The van der Waals surface area contributed by atoms with Crippen LogP contribution in [-0.4, -0.2) is 29.5 Å². The number of fused-ring (bicyclic) bond motifs is 1. The average molecular weight is 275 g/mol. The molecule has 104 valence electrons. The number of methoxy groups -OCH3 is 1. The Hall–Kier alpha value is -2.70. The molecule has 2 aromatic rings. The normalized spacial score (nSPS) is 10.2. The molecule has 2 rings (SSSR count). The lowest BCUT2D eigenvalue weighted by Crippen LogP contribution is -2.11. The minimum absolute atomic E-state index is 0.117. The summed E-state index contributed by atoms with van der Waals surface area (Å²) in [5.41, 5.74) is 0.900. The van der Waals surface area contributed by atoms with E-state index in [-0.39, 0.29) is 24.6 Å². The first-order chi connectivity index (χ1) is 9.63. The molecule has 0 atom stereocenters. The summed E-state index contributed by atoms with van der Waals surface area (Å²) >= 11 is 0. The van der Waals surface area contributed by atoms with E-state index in [2.05, 4.69) is 15.0 Å². The number of hydrogen-bond donors (Lipinski definition) is 1. The number of anilines is 1. The summed E-state index contributed by atoms with van der Waals surface area (Å²) in [4.78, 5) is 25.7. The van der Waals surface area contributed by atoms with Crippen molar-refractivity contribution in [2.24, 2.45) is 0 Å². The van der Waals surface area contributed by atoms with Gasteiger partial charge in [0.15, 0.2) is 0 Å². The molecular weight excluding hydrogens is 262 g/mol. The Morgan fingerprint density at radius 2 is 2.20 bits per heavy atom. The zero-order valence-corrected chi connectivity index (χ0v) is 10.8. The number of ether oxygens (including phenoxy) is 1. The largest absolute Gasteiger partial charge is 0.469 e. The molecule has 1 heterocycles. The second-order valence-electron chi connectivity index (χ2n) is 4.05. The number of carbonyl (C=O) groups excluding carboxylic acids is 1. The van der Waals surface area contributed by atoms with Crippen LogP contribution in [0.3, 0.4) is 0 Å². The van der Waals surface area contributed by atoms with Crippen molar-refractivity contribution in [2.45, 2.75) is 6.42 Å². The van der Waals surface area contributed by atoms with Crippen LogP contribution in [0.25, 0.3) is 10.9 Å². The first-order valence-corrected chi connectivity index (χ1v) is 5.96. The molecule has 7 nitrogen and oxygen atoms in total. The molecule has 1 aromatic heterocycles. The second-order valence-corrected chi connectivity index (χ2v) is 4.05. The SMILES string of the molecule is COC(=O)CCNc1c([N+](=O)[O-])cnc2ccccc12. The van der Waals surface area contributed by atoms with Gasteiger partial charge >= 0.3 is 11.7 Å². The highest BCUT2D eigenvalue weighted by Crippen LogP contribution is 2.31. The van der Waals surface area contributed by atoms with Crippen molar-refractivity contribution in [3.63, 3.8) is 0 Å². The molecule has 0 bridgehead atoms. The molecule has 0 aliphatic carbocycles. The van der Waals surface area contributed by atoms with Gasteiger partial charge in [-0.05, 0) is 6.07 Å². The van der Waals surface area contributed by atoms with Gasteiger partial charge in [-0.2, -0.15) is 0 Å². The molecule has 0 saturated heterocycles. The number of nitrogens with zero attached hydrogens (tertiary/aromatic N) is 2. The molecule has 0 saturated carbocycles. The van der Waals surface area contributed by atoms with Crippen molar-refractivity contribution in [2.75, 3.05) is 19.0 Å². The van der Waals surface area contributed by atoms with Gasteiger partial charge < -0.3 is 10.1 Å². The zero-order chi connectivity index (χ0) is 14.5. The maximum absolute atomic E-state index is 11.1. The predicted molar refractivity (Wildman–Crippen MR) is 73.5 cm³/mol. The van der Waals surface area contributed by atoms with Crippen molar-refractivity contribution < 1.29 is 14.5 Å². The lowest BCUT2D eigenvalue weighted by Gasteiger charge is -2.09. The van der Waals surface area contributed by atoms with Gasteiger partial charge in [0.05, 0.1) is 24.0 Å². The molecule has 0 aliphatic heterocycles. The van der Waals surface area contributed by atoms with Gasteiger partial charge in [-0.25, -0.2) is 4.98 Å². The van der Waals surface area contributed by atoms with Crippen LogP contribution < -0.4 is 5.32 Å². The van der Waals surface area contributed by atoms with Gasteiger partial charge in [-0.15, -0.1) is 0 Å². The van der Waals surface area contributed by atoms with Gasteiger partial charge in [0.1, 0.15) is 11.9 Å². The summed E-state index contributed by atoms with van der Waals surface area (Å²) in [7, 11) is 1.30. The number of para-hydroxylation sites is 1. The molecule has 7 heteroatoms. The Morgan fingerprint density at radius 3 is 2.90 bits per heavy atom. The molecule has 0 spiro atoms. The van der Waals surface area contributed by atoms with Gasteiger partial charge in [-0.3, -0.25) is 14.9 Å². The highest BCUT2D eigenvalue weighted by molar-refractivity contribution is 5.95. The molecule has 1 N–H and O–H groups in total. The summed E-state index contributed by atoms with van der Waals surface area (Å²) in [6, 6.07) is 7.10. The Labute approximate surface area is 114 Å². The summed E-state index contributed by atoms with van der Waals surface area (Å²) < 4.78 is 4.53. The lowest BCUT2D eigenvalue weighted by atomic mass is 10.1. The fraction of sp³-hybridized carbons (Fsp3) is 0.231. The Bertz CT molecular complexity index is 657. The number of nitro groups is 1. The third-order valence-corrected chi connectivity index (χ3v) is 2.81. The number of hydrogen-bond acceptors (Lipinski definition) is 6. The number of benzene rings is 1. The van der Waals surface area contributed by atoms with E-state index in [0.29, 0.717) is 16.6 Å². The molecule has 0 radical (unpaired) electrons. The number of nitrogens with one attached hydrogen (secondary N) is 1. The highest BCUT2D eigenvalue weighted by atomic mass is 16.6. The zero-order valence-electron chi connectivity index (χ0n) is 10.8. The number of aromatic nitrogens is 1. The quantitative estimate of drug-likeness (QED) is 0.510. The minimum Gasteiger partial charge on any atom is -0.469 e. The second kappa shape index (κ2) is 5.96. The third-order valence-electron chi connectivity index (χ3n) is 2.81. The maximum atomic E-state index is 11.1. The van der Waals surface area contributed by atoms with Crippen LogP contribution in [0.15, 0.2) is 30.5 Å². The van der Waals surface area contributed by atoms with E-state index in [0.717, 1.165) is 0 Å². The molecule has 0 unspecified atom stereocenters. The first-order valence-electron chi connectivity index (χ1n) is 5.96. The van der Waals surface area contributed by atoms with E-state index >= 15 is 0 Å². The summed E-state index contributed by atoms with van der Waals surface area (Å²) in [6.45, 7) is 0.252. The van der Waals surface area contributed by atoms with E-state index in [1.165, 1.54) is 13.3 Å². The van der Waals surface area contributed by atoms with Gasteiger partial charge in [0, 0.05) is 11.9 Å². The summed E-state index contributed by atoms with van der Waals surface area (Å²) in [5.74, 6) is -0.376. The van der Waals surface area contributed by atoms with E-state index in [1.54, 1.807) is 24.3 Å². The van der Waals surface area contributed by atoms with E-state index in [9.17, 15) is 14.9 Å². The van der Waals surface area contributed by atoms with Crippen LogP contribution >= 0.6 is 0 Å². The van der Waals surface area contributed by atoms with Crippen LogP contribution in [0.5, 0.6) is 0 Å². The van der Waals surface area contributed by atoms with Crippen LogP contribution in [0.2, 0.25) is 0 Å². The van der Waals surface area contributed by atoms with Crippen molar-refractivity contribution >= 4 is 28.2 Å². The first kappa shape index (κ1) is 13.7. The van der Waals surface area contributed by atoms with E-state index in [1.807, 2.05) is 0 Å². The standard InChI is InChI=1S/C13H13N3O4/c1-20-12(17)6-7-14-13-9-4-2-3-5-10(9)15-8-11(13)16(18)19/h2-5,8H,6-7H2,1H3,(H,14,15). The Kier molecular flexibility index (Phi) is 4.09. The highest BCUT2D eigenvalue weighted by Gasteiger charge is 2.17. The number of carbonyl (C=O) groups is 1. The molecule has 1 aromatic carbocycles. The fourth-order valence-corrected chi connectivity index (χ4v) is 1.85. The van der Waals surface area contributed by atoms with Crippen LogP contribution in [0, 0.1) is 10.1 Å². The van der Waals surface area contributed by atoms with Crippen molar-refractivity contribution in [3.8, 4) is 0 Å². The van der Waals surface area contributed by atoms with Crippen LogP contribution in [-0.2, 0) is 9.53 Å². The monoisotopic (exact) mass is 275 g/mol. The summed E-state index contributed by atoms with van der Waals surface area (Å²) in [5, 5.41) is 14.6. The molecule has 0 amide bonds. The molecule has 0 aliphatic rings. The number of pyridine rings is 1. The summed E-state index contributed by atoms with van der Waals surface area (Å²) in [6.07, 6.45) is 1.34.